The fraction of sp³-hybridized carbons (Fsp3) is 0.154. The molecule has 4 nitrogen and oxygen atoms in total. The summed E-state index contributed by atoms with van der Waals surface area (Å²) in [6.45, 7) is 1.39. The van der Waals surface area contributed by atoms with Gasteiger partial charge in [-0.15, -0.1) is 0 Å². The molecular weight excluding hydrogens is 370 g/mol. The summed E-state index contributed by atoms with van der Waals surface area (Å²) in [5.41, 5.74) is 4.02. The van der Waals surface area contributed by atoms with Crippen LogP contribution in [0.5, 0.6) is 0 Å². The van der Waals surface area contributed by atoms with Crippen LogP contribution in [-0.2, 0) is 13.0 Å². The van der Waals surface area contributed by atoms with Crippen molar-refractivity contribution >= 4 is 23.0 Å². The van der Waals surface area contributed by atoms with Crippen LogP contribution in [0.15, 0.2) is 91.0 Å². The number of allylic oxidation sites excluding steroid dienone is 1. The van der Waals surface area contributed by atoms with Crippen LogP contribution in [0.25, 0.3) is 17.1 Å². The molecule has 0 saturated heterocycles. The number of rotatable bonds is 8. The maximum absolute atomic E-state index is 12.2. The molecule has 1 heterocycles. The molecule has 1 amide bonds. The van der Waals surface area contributed by atoms with Crippen molar-refractivity contribution in [1.82, 2.24) is 14.9 Å². The smallest absolute Gasteiger partial charge is 0.251 e. The lowest BCUT2D eigenvalue weighted by atomic mass is 10.2. The molecule has 0 saturated carbocycles. The van der Waals surface area contributed by atoms with E-state index < -0.39 is 0 Å². The van der Waals surface area contributed by atoms with Gasteiger partial charge in [0.2, 0.25) is 0 Å². The Morgan fingerprint density at radius 2 is 1.60 bits per heavy atom. The molecule has 0 radical (unpaired) electrons. The van der Waals surface area contributed by atoms with E-state index in [1.54, 1.807) is 0 Å². The molecule has 4 heteroatoms. The minimum atomic E-state index is -0.0325. The Morgan fingerprint density at radius 1 is 0.900 bits per heavy atom. The largest absolute Gasteiger partial charge is 0.352 e. The first kappa shape index (κ1) is 19.6. The van der Waals surface area contributed by atoms with Gasteiger partial charge in [-0.05, 0) is 36.2 Å². The van der Waals surface area contributed by atoms with Gasteiger partial charge in [0.05, 0.1) is 11.0 Å². The minimum Gasteiger partial charge on any atom is -0.352 e. The lowest BCUT2D eigenvalue weighted by molar-refractivity contribution is 0.0953. The van der Waals surface area contributed by atoms with Gasteiger partial charge in [0.25, 0.3) is 5.91 Å². The summed E-state index contributed by atoms with van der Waals surface area (Å²) in [6, 6.07) is 27.8. The number of para-hydroxylation sites is 2. The lowest BCUT2D eigenvalue weighted by Crippen LogP contribution is -2.24. The molecule has 1 N–H and O–H groups in total. The molecule has 0 aliphatic heterocycles. The Balaban J connectivity index is 1.41. The normalized spacial score (nSPS) is 11.2. The van der Waals surface area contributed by atoms with Gasteiger partial charge >= 0.3 is 0 Å². The summed E-state index contributed by atoms with van der Waals surface area (Å²) >= 11 is 0. The van der Waals surface area contributed by atoms with Crippen molar-refractivity contribution in [2.75, 3.05) is 6.54 Å². The van der Waals surface area contributed by atoms with Crippen molar-refractivity contribution < 1.29 is 4.79 Å². The number of hydrogen-bond donors (Lipinski definition) is 1. The number of carbonyl (C=O) groups is 1. The number of hydrogen-bond acceptors (Lipinski definition) is 2. The molecule has 150 valence electrons. The number of aryl methyl sites for hydroxylation is 1. The van der Waals surface area contributed by atoms with Crippen LogP contribution in [0.3, 0.4) is 0 Å². The van der Waals surface area contributed by atoms with Crippen molar-refractivity contribution in [3.63, 3.8) is 0 Å². The average molecular weight is 396 g/mol. The lowest BCUT2D eigenvalue weighted by Gasteiger charge is -2.08. The zero-order valence-electron chi connectivity index (χ0n) is 16.9. The second-order valence-corrected chi connectivity index (χ2v) is 7.17. The molecule has 1 aromatic heterocycles. The third kappa shape index (κ3) is 4.84. The first-order valence-corrected chi connectivity index (χ1v) is 10.3. The van der Waals surface area contributed by atoms with Crippen molar-refractivity contribution in [3.05, 3.63) is 108 Å². The van der Waals surface area contributed by atoms with Gasteiger partial charge in [0, 0.05) is 25.1 Å². The van der Waals surface area contributed by atoms with E-state index >= 15 is 0 Å². The van der Waals surface area contributed by atoms with E-state index in [0.717, 1.165) is 36.2 Å². The van der Waals surface area contributed by atoms with Crippen LogP contribution < -0.4 is 5.32 Å². The maximum atomic E-state index is 12.2. The first-order chi connectivity index (χ1) is 14.8. The standard InChI is InChI=1S/C26H25N3O/c30-26(22-14-5-2-6-15-22)27-19-9-18-25-28-23-16-7-8-17-24(23)29(25)20-10-13-21-11-3-1-4-12-21/h1-8,10-17H,9,18-20H2,(H,27,30)/b13-10+. The van der Waals surface area contributed by atoms with Gasteiger partial charge in [-0.2, -0.15) is 0 Å². The van der Waals surface area contributed by atoms with Crippen molar-refractivity contribution in [2.24, 2.45) is 0 Å². The molecule has 0 fully saturated rings. The Bertz CT molecular complexity index is 1130. The summed E-state index contributed by atoms with van der Waals surface area (Å²) in [5.74, 6) is 1.01. The second kappa shape index (κ2) is 9.70. The summed E-state index contributed by atoms with van der Waals surface area (Å²) in [5, 5.41) is 3.00. The van der Waals surface area contributed by atoms with Crippen LogP contribution in [0.4, 0.5) is 0 Å². The second-order valence-electron chi connectivity index (χ2n) is 7.17. The zero-order valence-corrected chi connectivity index (χ0v) is 16.9. The van der Waals surface area contributed by atoms with E-state index in [2.05, 4.69) is 40.2 Å². The zero-order chi connectivity index (χ0) is 20.6. The van der Waals surface area contributed by atoms with E-state index in [-0.39, 0.29) is 5.91 Å². The van der Waals surface area contributed by atoms with Crippen molar-refractivity contribution in [3.8, 4) is 0 Å². The molecule has 30 heavy (non-hydrogen) atoms. The monoisotopic (exact) mass is 395 g/mol. The van der Waals surface area contributed by atoms with E-state index in [1.165, 1.54) is 5.56 Å². The number of aromatic nitrogens is 2. The van der Waals surface area contributed by atoms with Crippen molar-refractivity contribution in [1.29, 1.82) is 0 Å². The predicted octanol–water partition coefficient (Wildman–Crippen LogP) is 5.11. The fourth-order valence-corrected chi connectivity index (χ4v) is 3.52. The molecule has 3 aromatic carbocycles. The van der Waals surface area contributed by atoms with Gasteiger partial charge < -0.3 is 9.88 Å². The van der Waals surface area contributed by atoms with E-state index in [9.17, 15) is 4.79 Å². The molecule has 0 spiro atoms. The number of carbonyl (C=O) groups excluding carboxylic acids is 1. The van der Waals surface area contributed by atoms with E-state index in [1.807, 2.05) is 66.7 Å². The quantitative estimate of drug-likeness (QED) is 0.421. The fourth-order valence-electron chi connectivity index (χ4n) is 3.52. The molecule has 0 aliphatic carbocycles. The highest BCUT2D eigenvalue weighted by Crippen LogP contribution is 2.17. The molecule has 0 unspecified atom stereocenters. The Kier molecular flexibility index (Phi) is 6.35. The molecule has 4 aromatic rings. The van der Waals surface area contributed by atoms with Crippen molar-refractivity contribution in [2.45, 2.75) is 19.4 Å². The summed E-state index contributed by atoms with van der Waals surface area (Å²) in [4.78, 5) is 17.0. The highest BCUT2D eigenvalue weighted by molar-refractivity contribution is 5.94. The average Bonchev–Trinajstić information content (AvgIpc) is 3.15. The summed E-state index contributed by atoms with van der Waals surface area (Å²) < 4.78 is 2.26. The van der Waals surface area contributed by atoms with Crippen LogP contribution in [0, 0.1) is 0 Å². The summed E-state index contributed by atoms with van der Waals surface area (Å²) in [7, 11) is 0. The number of nitrogens with one attached hydrogen (secondary N) is 1. The van der Waals surface area contributed by atoms with Gasteiger partial charge in [-0.1, -0.05) is 72.8 Å². The molecular formula is C26H25N3O. The number of amides is 1. The summed E-state index contributed by atoms with van der Waals surface area (Å²) in [6.07, 6.45) is 5.95. The molecule has 0 bridgehead atoms. The van der Waals surface area contributed by atoms with Gasteiger partial charge in [0.1, 0.15) is 5.82 Å². The van der Waals surface area contributed by atoms with E-state index in [4.69, 9.17) is 4.98 Å². The van der Waals surface area contributed by atoms with E-state index in [0.29, 0.717) is 12.1 Å². The molecule has 4 rings (SSSR count). The van der Waals surface area contributed by atoms with Crippen LogP contribution in [0.2, 0.25) is 0 Å². The number of nitrogens with zero attached hydrogens (tertiary/aromatic N) is 2. The van der Waals surface area contributed by atoms with Crippen LogP contribution >= 0.6 is 0 Å². The van der Waals surface area contributed by atoms with Gasteiger partial charge in [0.15, 0.2) is 0 Å². The number of imidazole rings is 1. The highest BCUT2D eigenvalue weighted by atomic mass is 16.1. The Hall–Kier alpha value is -3.66. The maximum Gasteiger partial charge on any atom is 0.251 e. The predicted molar refractivity (Wildman–Crippen MR) is 122 cm³/mol. The first-order valence-electron chi connectivity index (χ1n) is 10.3. The van der Waals surface area contributed by atoms with Crippen LogP contribution in [0.1, 0.15) is 28.2 Å². The Morgan fingerprint density at radius 3 is 2.40 bits per heavy atom. The highest BCUT2D eigenvalue weighted by Gasteiger charge is 2.10. The minimum absolute atomic E-state index is 0.0325. The third-order valence-electron chi connectivity index (χ3n) is 5.03. The van der Waals surface area contributed by atoms with Crippen LogP contribution in [-0.4, -0.2) is 22.0 Å². The topological polar surface area (TPSA) is 46.9 Å². The number of fused-ring (bicyclic) bond motifs is 1. The molecule has 0 aliphatic rings. The Labute approximate surface area is 176 Å². The van der Waals surface area contributed by atoms with Gasteiger partial charge in [-0.25, -0.2) is 4.98 Å². The van der Waals surface area contributed by atoms with Gasteiger partial charge in [-0.3, -0.25) is 4.79 Å². The SMILES string of the molecule is O=C(NCCCc1nc2ccccc2n1C/C=C/c1ccccc1)c1ccccc1. The molecule has 0 atom stereocenters. The number of benzene rings is 3. The third-order valence-corrected chi connectivity index (χ3v) is 5.03.